The molecule has 0 N–H and O–H groups in total. The molecule has 0 radical (unpaired) electrons. The molecule has 0 fully saturated rings. The van der Waals surface area contributed by atoms with Crippen LogP contribution in [0, 0.1) is 10.8 Å². The van der Waals surface area contributed by atoms with Crippen molar-refractivity contribution in [2.75, 3.05) is 6.54 Å². The molecule has 0 atom stereocenters. The molecule has 1 nitrogen and oxygen atoms in total. The van der Waals surface area contributed by atoms with Gasteiger partial charge in [-0.3, -0.25) is 4.90 Å². The molecule has 0 amide bonds. The van der Waals surface area contributed by atoms with Gasteiger partial charge in [-0.1, -0.05) is 41.5 Å². The SMILES string of the molecule is CCN(C(C)(C)C)C(C)(C)C(C)(C)C(C)(C)C. The Bertz CT molecular complexity index is 248. The molecule has 0 aliphatic carbocycles. The van der Waals surface area contributed by atoms with Gasteiger partial charge in [-0.2, -0.15) is 0 Å². The van der Waals surface area contributed by atoms with E-state index in [1.165, 1.54) is 0 Å². The Balaban J connectivity index is 5.53. The van der Waals surface area contributed by atoms with E-state index < -0.39 is 0 Å². The van der Waals surface area contributed by atoms with Crippen LogP contribution in [0.2, 0.25) is 0 Å². The zero-order valence-electron chi connectivity index (χ0n) is 14.2. The van der Waals surface area contributed by atoms with Crippen LogP contribution < -0.4 is 0 Å². The number of nitrogens with zero attached hydrogens (tertiary/aromatic N) is 1. The van der Waals surface area contributed by atoms with Crippen molar-refractivity contribution >= 4 is 0 Å². The van der Waals surface area contributed by atoms with Crippen LogP contribution in [0.4, 0.5) is 0 Å². The summed E-state index contributed by atoms with van der Waals surface area (Å²) in [6.45, 7) is 27.0. The normalized spacial score (nSPS) is 15.5. The second kappa shape index (κ2) is 4.57. The van der Waals surface area contributed by atoms with Gasteiger partial charge in [0, 0.05) is 11.1 Å². The molecule has 17 heavy (non-hydrogen) atoms. The van der Waals surface area contributed by atoms with Gasteiger partial charge >= 0.3 is 0 Å². The summed E-state index contributed by atoms with van der Waals surface area (Å²) >= 11 is 0. The van der Waals surface area contributed by atoms with Crippen LogP contribution in [0.15, 0.2) is 0 Å². The highest BCUT2D eigenvalue weighted by molar-refractivity contribution is 5.03. The summed E-state index contributed by atoms with van der Waals surface area (Å²) in [5, 5.41) is 0. The maximum Gasteiger partial charge on any atom is 0.0214 e. The molecule has 0 bridgehead atoms. The fourth-order valence-corrected chi connectivity index (χ4v) is 2.96. The third-order valence-corrected chi connectivity index (χ3v) is 5.21. The molecule has 0 heterocycles. The van der Waals surface area contributed by atoms with E-state index in [-0.39, 0.29) is 21.9 Å². The van der Waals surface area contributed by atoms with E-state index in [1.807, 2.05) is 0 Å². The Labute approximate surface area is 110 Å². The Hall–Kier alpha value is -0.0400. The molecular formula is C16H35N. The average molecular weight is 241 g/mol. The third kappa shape index (κ3) is 3.05. The van der Waals surface area contributed by atoms with E-state index >= 15 is 0 Å². The van der Waals surface area contributed by atoms with Crippen LogP contribution in [-0.2, 0) is 0 Å². The van der Waals surface area contributed by atoms with E-state index in [2.05, 4.69) is 81.1 Å². The monoisotopic (exact) mass is 241 g/mol. The summed E-state index contributed by atoms with van der Waals surface area (Å²) in [5.41, 5.74) is 0.900. The first kappa shape index (κ1) is 17.0. The number of hydrogen-bond acceptors (Lipinski definition) is 1. The van der Waals surface area contributed by atoms with Crippen molar-refractivity contribution < 1.29 is 0 Å². The van der Waals surface area contributed by atoms with E-state index in [4.69, 9.17) is 0 Å². The van der Waals surface area contributed by atoms with Crippen LogP contribution in [-0.4, -0.2) is 22.5 Å². The summed E-state index contributed by atoms with van der Waals surface area (Å²) in [6, 6.07) is 0. The van der Waals surface area contributed by atoms with Crippen LogP contribution in [0.3, 0.4) is 0 Å². The quantitative estimate of drug-likeness (QED) is 0.675. The minimum atomic E-state index is 0.165. The molecule has 0 saturated heterocycles. The van der Waals surface area contributed by atoms with Crippen molar-refractivity contribution in [3.05, 3.63) is 0 Å². The zero-order valence-corrected chi connectivity index (χ0v) is 14.2. The summed E-state index contributed by atoms with van der Waals surface area (Å²) in [7, 11) is 0. The van der Waals surface area contributed by atoms with Gasteiger partial charge in [0.15, 0.2) is 0 Å². The van der Waals surface area contributed by atoms with Gasteiger partial charge in [-0.15, -0.1) is 0 Å². The third-order valence-electron chi connectivity index (χ3n) is 5.21. The van der Waals surface area contributed by atoms with E-state index in [1.54, 1.807) is 0 Å². The van der Waals surface area contributed by atoms with E-state index in [0.717, 1.165) is 6.54 Å². The molecule has 1 heteroatoms. The maximum absolute atomic E-state index is 2.63. The van der Waals surface area contributed by atoms with Crippen molar-refractivity contribution in [2.24, 2.45) is 10.8 Å². The van der Waals surface area contributed by atoms with Crippen LogP contribution in [0.5, 0.6) is 0 Å². The number of hydrogen-bond donors (Lipinski definition) is 0. The first-order chi connectivity index (χ1) is 7.19. The maximum atomic E-state index is 2.63. The largest absolute Gasteiger partial charge is 0.293 e. The smallest absolute Gasteiger partial charge is 0.0214 e. The van der Waals surface area contributed by atoms with Gasteiger partial charge in [0.05, 0.1) is 0 Å². The molecule has 0 aromatic heterocycles. The first-order valence-electron chi connectivity index (χ1n) is 6.97. The Morgan fingerprint density at radius 1 is 0.706 bits per heavy atom. The zero-order chi connectivity index (χ0) is 14.3. The molecule has 0 aromatic carbocycles. The second-order valence-corrected chi connectivity index (χ2v) is 8.35. The minimum absolute atomic E-state index is 0.165. The van der Waals surface area contributed by atoms with Gasteiger partial charge in [0.1, 0.15) is 0 Å². The van der Waals surface area contributed by atoms with Crippen LogP contribution in [0.1, 0.15) is 76.2 Å². The lowest BCUT2D eigenvalue weighted by molar-refractivity contribution is -0.0915. The number of rotatable bonds is 3. The summed E-state index contributed by atoms with van der Waals surface area (Å²) < 4.78 is 0. The van der Waals surface area contributed by atoms with Gasteiger partial charge in [-0.25, -0.2) is 0 Å². The van der Waals surface area contributed by atoms with Crippen molar-refractivity contribution in [3.63, 3.8) is 0 Å². The van der Waals surface area contributed by atoms with E-state index in [0.29, 0.717) is 0 Å². The lowest BCUT2D eigenvalue weighted by Crippen LogP contribution is -2.63. The fourth-order valence-electron chi connectivity index (χ4n) is 2.96. The van der Waals surface area contributed by atoms with Crippen molar-refractivity contribution in [3.8, 4) is 0 Å². The average Bonchev–Trinajstić information content (AvgIpc) is 1.98. The summed E-state index contributed by atoms with van der Waals surface area (Å²) in [6.07, 6.45) is 0. The van der Waals surface area contributed by atoms with Crippen LogP contribution >= 0.6 is 0 Å². The minimum Gasteiger partial charge on any atom is -0.293 e. The van der Waals surface area contributed by atoms with E-state index in [9.17, 15) is 0 Å². The lowest BCUT2D eigenvalue weighted by Gasteiger charge is -2.59. The highest BCUT2D eigenvalue weighted by Gasteiger charge is 2.50. The highest BCUT2D eigenvalue weighted by Crippen LogP contribution is 2.50. The molecule has 0 aliphatic heterocycles. The molecule has 0 saturated carbocycles. The summed E-state index contributed by atoms with van der Waals surface area (Å²) in [5.74, 6) is 0. The molecule has 0 rings (SSSR count). The van der Waals surface area contributed by atoms with Crippen molar-refractivity contribution in [1.82, 2.24) is 4.90 Å². The molecule has 0 spiro atoms. The Morgan fingerprint density at radius 3 is 1.24 bits per heavy atom. The Kier molecular flexibility index (Phi) is 4.56. The van der Waals surface area contributed by atoms with Crippen LogP contribution in [0.25, 0.3) is 0 Å². The standard InChI is InChI=1S/C16H35N/c1-12-17(14(5,6)7)16(10,11)15(8,9)13(2,3)4/h12H2,1-11H3. The molecule has 0 aromatic rings. The molecule has 104 valence electrons. The molecule has 0 unspecified atom stereocenters. The summed E-state index contributed by atoms with van der Waals surface area (Å²) in [4.78, 5) is 2.63. The highest BCUT2D eigenvalue weighted by atomic mass is 15.3. The van der Waals surface area contributed by atoms with Crippen molar-refractivity contribution in [2.45, 2.75) is 87.2 Å². The van der Waals surface area contributed by atoms with Crippen molar-refractivity contribution in [1.29, 1.82) is 0 Å². The topological polar surface area (TPSA) is 3.24 Å². The molecular weight excluding hydrogens is 206 g/mol. The predicted octanol–water partition coefficient (Wildman–Crippen LogP) is 4.96. The molecule has 0 aliphatic rings. The first-order valence-corrected chi connectivity index (χ1v) is 6.97. The lowest BCUT2D eigenvalue weighted by atomic mass is 9.58. The fraction of sp³-hybridized carbons (Fsp3) is 1.00. The van der Waals surface area contributed by atoms with Gasteiger partial charge < -0.3 is 0 Å². The van der Waals surface area contributed by atoms with Gasteiger partial charge in [0.25, 0.3) is 0 Å². The predicted molar refractivity (Wildman–Crippen MR) is 79.4 cm³/mol. The second-order valence-electron chi connectivity index (χ2n) is 8.35. The van der Waals surface area contributed by atoms with Gasteiger partial charge in [-0.05, 0) is 52.0 Å². The Morgan fingerprint density at radius 2 is 1.06 bits per heavy atom. The van der Waals surface area contributed by atoms with Gasteiger partial charge in [0.2, 0.25) is 0 Å².